The third-order valence-corrected chi connectivity index (χ3v) is 6.42. The van der Waals surface area contributed by atoms with Gasteiger partial charge in [0.2, 0.25) is 0 Å². The van der Waals surface area contributed by atoms with Crippen molar-refractivity contribution in [3.05, 3.63) is 94.2 Å². The lowest BCUT2D eigenvalue weighted by atomic mass is 9.71. The van der Waals surface area contributed by atoms with E-state index in [1.54, 1.807) is 13.2 Å². The number of hydrogen-bond acceptors (Lipinski definition) is 7. The van der Waals surface area contributed by atoms with E-state index < -0.39 is 11.1 Å². The summed E-state index contributed by atoms with van der Waals surface area (Å²) in [4.78, 5) is 25.4. The predicted molar refractivity (Wildman–Crippen MR) is 119 cm³/mol. The highest BCUT2D eigenvalue weighted by Gasteiger charge is 2.71. The number of carbonyl (C=O) groups is 1. The number of rotatable bonds is 4. The van der Waals surface area contributed by atoms with Crippen molar-refractivity contribution in [2.24, 2.45) is 5.18 Å². The molecule has 1 aliphatic heterocycles. The zero-order valence-corrected chi connectivity index (χ0v) is 17.8. The van der Waals surface area contributed by atoms with E-state index in [1.807, 2.05) is 42.5 Å². The minimum atomic E-state index is -1.18. The Bertz CT molecular complexity index is 1210. The van der Waals surface area contributed by atoms with E-state index >= 15 is 0 Å². The zero-order valence-electron chi connectivity index (χ0n) is 17.8. The topological polar surface area (TPSA) is 122 Å². The first-order chi connectivity index (χ1) is 16.1. The van der Waals surface area contributed by atoms with Crippen molar-refractivity contribution in [1.29, 1.82) is 5.26 Å². The highest BCUT2D eigenvalue weighted by Crippen LogP contribution is 2.67. The average Bonchev–Trinajstić information content (AvgIpc) is 3.34. The summed E-state index contributed by atoms with van der Waals surface area (Å²) in [7, 11) is 1.61. The summed E-state index contributed by atoms with van der Waals surface area (Å²) >= 11 is 0. The van der Waals surface area contributed by atoms with Crippen LogP contribution in [0.3, 0.4) is 0 Å². The van der Waals surface area contributed by atoms with Gasteiger partial charge in [-0.15, -0.1) is 4.91 Å². The molecule has 1 aliphatic carbocycles. The van der Waals surface area contributed by atoms with Crippen molar-refractivity contribution in [1.82, 2.24) is 4.98 Å². The molecule has 0 saturated heterocycles. The molecule has 0 amide bonds. The molecule has 8 nitrogen and oxygen atoms in total. The lowest BCUT2D eigenvalue weighted by Gasteiger charge is -2.39. The summed E-state index contributed by atoms with van der Waals surface area (Å²) in [5.41, 5.74) is 0.580. The van der Waals surface area contributed by atoms with E-state index in [9.17, 15) is 10.2 Å². The minimum Gasteiger partial charge on any atom is -0.497 e. The molecule has 1 saturated carbocycles. The predicted octanol–water partition coefficient (Wildman–Crippen LogP) is 4.49. The molecule has 0 radical (unpaired) electrons. The first-order valence-corrected chi connectivity index (χ1v) is 10.3. The molecule has 3 aromatic rings. The van der Waals surface area contributed by atoms with Gasteiger partial charge in [-0.25, -0.2) is 0 Å². The quantitative estimate of drug-likeness (QED) is 0.466. The van der Waals surface area contributed by atoms with Gasteiger partial charge in [0.1, 0.15) is 23.3 Å². The number of nitrogens with zero attached hydrogens (tertiary/aromatic N) is 3. The average molecular weight is 443 g/mol. The third-order valence-electron chi connectivity index (χ3n) is 6.42. The molecule has 2 heterocycles. The smallest absolute Gasteiger partial charge is 0.290 e. The zero-order chi connectivity index (χ0) is 23.5. The van der Waals surface area contributed by atoms with Crippen LogP contribution in [0.5, 0.6) is 11.5 Å². The van der Waals surface area contributed by atoms with Gasteiger partial charge in [-0.3, -0.25) is 9.78 Å². The van der Waals surface area contributed by atoms with Crippen LogP contribution in [0.15, 0.2) is 72.0 Å². The van der Waals surface area contributed by atoms with Crippen LogP contribution in [0.4, 0.5) is 0 Å². The number of benzene rings is 2. The van der Waals surface area contributed by atoms with Crippen LogP contribution in [-0.4, -0.2) is 23.7 Å². The van der Waals surface area contributed by atoms with Gasteiger partial charge in [0.25, 0.3) is 6.47 Å². The lowest BCUT2D eigenvalue weighted by Crippen LogP contribution is -2.47. The number of nitriles is 1. The molecular weight excluding hydrogens is 422 g/mol. The second-order valence-corrected chi connectivity index (χ2v) is 7.81. The molecule has 2 aliphatic rings. The Kier molecular flexibility index (Phi) is 5.80. The van der Waals surface area contributed by atoms with Crippen molar-refractivity contribution in [3.63, 3.8) is 0 Å². The van der Waals surface area contributed by atoms with Crippen LogP contribution in [0.25, 0.3) is 0 Å². The maximum absolute atomic E-state index is 12.5. The lowest BCUT2D eigenvalue weighted by molar-refractivity contribution is -0.122. The number of carboxylic acid groups (broad SMARTS) is 1. The van der Waals surface area contributed by atoms with Crippen LogP contribution in [0.2, 0.25) is 0 Å². The van der Waals surface area contributed by atoms with Crippen molar-refractivity contribution in [2.45, 2.75) is 29.9 Å². The number of pyridine rings is 1. The Morgan fingerprint density at radius 3 is 2.55 bits per heavy atom. The Hall–Kier alpha value is -4.25. The Morgan fingerprint density at radius 2 is 1.94 bits per heavy atom. The van der Waals surface area contributed by atoms with Gasteiger partial charge < -0.3 is 14.6 Å². The fourth-order valence-electron chi connectivity index (χ4n) is 5.13. The van der Waals surface area contributed by atoms with Gasteiger partial charge in [-0.1, -0.05) is 47.6 Å². The highest BCUT2D eigenvalue weighted by atomic mass is 16.5. The number of hydrogen-bond donors (Lipinski definition) is 1. The number of nitroso groups, excluding NO2 is 1. The van der Waals surface area contributed by atoms with Crippen molar-refractivity contribution < 1.29 is 19.4 Å². The van der Waals surface area contributed by atoms with Gasteiger partial charge in [-0.05, 0) is 36.1 Å². The monoisotopic (exact) mass is 443 g/mol. The van der Waals surface area contributed by atoms with Gasteiger partial charge >= 0.3 is 0 Å². The number of ether oxygens (including phenoxy) is 2. The first-order valence-electron chi connectivity index (χ1n) is 10.3. The molecule has 1 fully saturated rings. The molecule has 1 aromatic heterocycles. The number of methoxy groups -OCH3 is 1. The fourth-order valence-corrected chi connectivity index (χ4v) is 5.13. The molecule has 2 aromatic carbocycles. The summed E-state index contributed by atoms with van der Waals surface area (Å²) in [6.45, 7) is -0.250. The molecule has 3 unspecified atom stereocenters. The van der Waals surface area contributed by atoms with Crippen LogP contribution in [-0.2, 0) is 15.9 Å². The van der Waals surface area contributed by atoms with Gasteiger partial charge in [0.15, 0.2) is 11.1 Å². The third kappa shape index (κ3) is 3.21. The molecule has 5 rings (SSSR count). The second kappa shape index (κ2) is 8.71. The summed E-state index contributed by atoms with van der Waals surface area (Å²) in [5, 5.41) is 19.9. The van der Waals surface area contributed by atoms with Crippen LogP contribution >= 0.6 is 0 Å². The van der Waals surface area contributed by atoms with Gasteiger partial charge in [0.05, 0.1) is 12.7 Å². The summed E-state index contributed by atoms with van der Waals surface area (Å²) in [6, 6.07) is 21.4. The van der Waals surface area contributed by atoms with Gasteiger partial charge in [-0.2, -0.15) is 5.26 Å². The van der Waals surface area contributed by atoms with Gasteiger partial charge in [0, 0.05) is 18.2 Å². The Labute approximate surface area is 190 Å². The molecule has 3 atom stereocenters. The molecule has 33 heavy (non-hydrogen) atoms. The first kappa shape index (κ1) is 22.0. The van der Waals surface area contributed by atoms with E-state index in [4.69, 9.17) is 19.4 Å². The molecule has 8 heteroatoms. The van der Waals surface area contributed by atoms with E-state index in [1.165, 1.54) is 6.20 Å². The highest BCUT2D eigenvalue weighted by molar-refractivity contribution is 5.54. The Morgan fingerprint density at radius 1 is 1.24 bits per heavy atom. The molecule has 0 spiro atoms. The van der Waals surface area contributed by atoms with Crippen LogP contribution < -0.4 is 9.47 Å². The maximum atomic E-state index is 12.5. The molecule has 166 valence electrons. The van der Waals surface area contributed by atoms with E-state index in [-0.39, 0.29) is 12.4 Å². The number of aromatic nitrogens is 1. The van der Waals surface area contributed by atoms with E-state index in [0.29, 0.717) is 23.4 Å². The van der Waals surface area contributed by atoms with Crippen LogP contribution in [0, 0.1) is 16.2 Å². The molecular formula is C25H21N3O5. The molecule has 0 bridgehead atoms. The molecule has 1 N–H and O–H groups in total. The summed E-state index contributed by atoms with van der Waals surface area (Å²) in [5.74, 6) is 1.06. The minimum absolute atomic E-state index is 0.107. The van der Waals surface area contributed by atoms with E-state index in [2.05, 4.69) is 28.4 Å². The maximum Gasteiger partial charge on any atom is 0.290 e. The van der Waals surface area contributed by atoms with Crippen LogP contribution in [0.1, 0.15) is 41.1 Å². The SMILES string of the molecule is COc1ccc(C23Oc4cc(C#N)cnc4C2(N=O)CCC3c2ccccc2)cc1.O=CO. The number of fused-ring (bicyclic) bond motifs is 3. The summed E-state index contributed by atoms with van der Waals surface area (Å²) < 4.78 is 12.0. The fraction of sp³-hybridized carbons (Fsp3) is 0.240. The second-order valence-electron chi connectivity index (χ2n) is 7.81. The largest absolute Gasteiger partial charge is 0.497 e. The summed E-state index contributed by atoms with van der Waals surface area (Å²) in [6.07, 6.45) is 2.71. The Balaban J connectivity index is 0.000000821. The standard InChI is InChI=1S/C24H19N3O3.CH2O2/c1-29-19-9-7-18(8-10-19)24-20(17-5-3-2-4-6-17)11-12-23(24,27-28)22-21(30-24)13-16(14-25)15-26-22;2-1-3/h2-10,13,15,20H,11-12H2,1H3;1H,(H,2,3). The van der Waals surface area contributed by atoms with Crippen molar-refractivity contribution >= 4 is 6.47 Å². The van der Waals surface area contributed by atoms with Crippen molar-refractivity contribution in [2.75, 3.05) is 7.11 Å². The normalized spacial score (nSPS) is 24.2. The van der Waals surface area contributed by atoms with Crippen molar-refractivity contribution in [3.8, 4) is 17.6 Å². The van der Waals surface area contributed by atoms with E-state index in [0.717, 1.165) is 23.3 Å².